The molecule has 0 spiro atoms. The summed E-state index contributed by atoms with van der Waals surface area (Å²) in [6.45, 7) is 1.93. The van der Waals surface area contributed by atoms with Crippen molar-refractivity contribution in [3.63, 3.8) is 0 Å². The Morgan fingerprint density at radius 1 is 1.10 bits per heavy atom. The van der Waals surface area contributed by atoms with Crippen molar-refractivity contribution >= 4 is 11.7 Å². The van der Waals surface area contributed by atoms with E-state index in [1.165, 1.54) is 6.20 Å². The van der Waals surface area contributed by atoms with E-state index >= 15 is 0 Å². The minimum atomic E-state index is -4.39. The summed E-state index contributed by atoms with van der Waals surface area (Å²) in [6, 6.07) is 12.1. The van der Waals surface area contributed by atoms with E-state index in [0.29, 0.717) is 37.7 Å². The molecule has 2 unspecified atom stereocenters. The summed E-state index contributed by atoms with van der Waals surface area (Å²) < 4.78 is 39.1. The summed E-state index contributed by atoms with van der Waals surface area (Å²) in [5, 5.41) is 0. The fraction of sp³-hybridized carbons (Fsp3) is 0.455. The molecule has 7 heteroatoms. The van der Waals surface area contributed by atoms with Crippen molar-refractivity contribution in [2.75, 3.05) is 24.5 Å². The molecule has 1 aromatic heterocycles. The number of aromatic nitrogens is 1. The second-order valence-electron chi connectivity index (χ2n) is 7.82. The van der Waals surface area contributed by atoms with E-state index in [1.54, 1.807) is 0 Å². The van der Waals surface area contributed by atoms with Crippen LogP contribution in [0.25, 0.3) is 0 Å². The number of benzene rings is 1. The Hall–Kier alpha value is -2.57. The van der Waals surface area contributed by atoms with Gasteiger partial charge in [0.1, 0.15) is 5.82 Å². The normalized spacial score (nSPS) is 21.9. The Morgan fingerprint density at radius 2 is 1.86 bits per heavy atom. The van der Waals surface area contributed by atoms with Crippen molar-refractivity contribution in [1.29, 1.82) is 0 Å². The van der Waals surface area contributed by atoms with E-state index in [0.717, 1.165) is 37.1 Å². The minimum absolute atomic E-state index is 0.0448. The van der Waals surface area contributed by atoms with Gasteiger partial charge in [-0.2, -0.15) is 13.2 Å². The highest BCUT2D eigenvalue weighted by Gasteiger charge is 2.41. The maximum atomic E-state index is 13.0. The molecule has 29 heavy (non-hydrogen) atoms. The monoisotopic (exact) mass is 403 g/mol. The summed E-state index contributed by atoms with van der Waals surface area (Å²) in [6.07, 6.45) is -0.192. The summed E-state index contributed by atoms with van der Waals surface area (Å²) >= 11 is 0. The van der Waals surface area contributed by atoms with Gasteiger partial charge in [0.25, 0.3) is 0 Å². The molecule has 2 fully saturated rings. The van der Waals surface area contributed by atoms with Crippen molar-refractivity contribution in [2.45, 2.75) is 37.9 Å². The van der Waals surface area contributed by atoms with Gasteiger partial charge in [-0.1, -0.05) is 30.3 Å². The predicted molar refractivity (Wildman–Crippen MR) is 104 cm³/mol. The molecule has 3 heterocycles. The van der Waals surface area contributed by atoms with Gasteiger partial charge in [0, 0.05) is 32.3 Å². The lowest BCUT2D eigenvalue weighted by Crippen LogP contribution is -2.50. The fourth-order valence-electron chi connectivity index (χ4n) is 4.47. The fourth-order valence-corrected chi connectivity index (χ4v) is 4.47. The van der Waals surface area contributed by atoms with Crippen LogP contribution < -0.4 is 4.90 Å². The molecule has 0 bridgehead atoms. The van der Waals surface area contributed by atoms with Crippen LogP contribution in [0.1, 0.15) is 30.4 Å². The van der Waals surface area contributed by atoms with Gasteiger partial charge < -0.3 is 9.80 Å². The smallest absolute Gasteiger partial charge is 0.355 e. The Morgan fingerprint density at radius 3 is 2.62 bits per heavy atom. The summed E-state index contributed by atoms with van der Waals surface area (Å²) in [5.74, 6) is 0.875. The van der Waals surface area contributed by atoms with E-state index in [1.807, 2.05) is 40.1 Å². The Balaban J connectivity index is 1.43. The maximum absolute atomic E-state index is 13.0. The van der Waals surface area contributed by atoms with Crippen LogP contribution in [-0.4, -0.2) is 41.5 Å². The number of halogens is 3. The lowest BCUT2D eigenvalue weighted by molar-refractivity contribution is -0.137. The maximum Gasteiger partial charge on any atom is 0.416 e. The molecule has 1 aromatic carbocycles. The Bertz CT molecular complexity index is 856. The molecule has 154 valence electrons. The lowest BCUT2D eigenvalue weighted by atomic mass is 9.92. The molecular formula is C22H24F3N3O. The number of piperidine rings is 1. The third-order valence-electron chi connectivity index (χ3n) is 6.05. The molecule has 2 aliphatic heterocycles. The van der Waals surface area contributed by atoms with Gasteiger partial charge >= 0.3 is 6.18 Å². The molecule has 2 saturated heterocycles. The van der Waals surface area contributed by atoms with Crippen molar-refractivity contribution in [1.82, 2.24) is 9.88 Å². The average molecular weight is 403 g/mol. The third kappa shape index (κ3) is 4.38. The van der Waals surface area contributed by atoms with Gasteiger partial charge in [0.05, 0.1) is 11.6 Å². The SMILES string of the molecule is O=C(CCc1ccccc1)N1CCC2CCN(c3cc(C(F)(F)F)ccn3)CC21. The molecule has 4 rings (SSSR count). The highest BCUT2D eigenvalue weighted by Crippen LogP contribution is 2.35. The van der Waals surface area contributed by atoms with Crippen LogP contribution in [0.4, 0.5) is 19.0 Å². The van der Waals surface area contributed by atoms with E-state index in [9.17, 15) is 18.0 Å². The number of pyridine rings is 1. The van der Waals surface area contributed by atoms with Crippen LogP contribution >= 0.6 is 0 Å². The van der Waals surface area contributed by atoms with E-state index in [-0.39, 0.29) is 11.9 Å². The number of carbonyl (C=O) groups excluding carboxylic acids is 1. The molecule has 0 N–H and O–H groups in total. The number of fused-ring (bicyclic) bond motifs is 1. The van der Waals surface area contributed by atoms with Gasteiger partial charge in [0.15, 0.2) is 0 Å². The number of hydrogen-bond donors (Lipinski definition) is 0. The standard InChI is InChI=1S/C22H24F3N3O/c23-22(24,25)18-8-11-26-20(14-18)27-12-9-17-10-13-28(19(17)15-27)21(29)7-6-16-4-2-1-3-5-16/h1-5,8,11,14,17,19H,6-7,9-10,12-13,15H2. The first kappa shape index (κ1) is 19.7. The Labute approximate surface area is 168 Å². The molecule has 0 radical (unpaired) electrons. The second-order valence-corrected chi connectivity index (χ2v) is 7.82. The van der Waals surface area contributed by atoms with Crippen LogP contribution in [0.15, 0.2) is 48.7 Å². The zero-order valence-corrected chi connectivity index (χ0v) is 16.1. The number of nitrogens with zero attached hydrogens (tertiary/aromatic N) is 3. The molecule has 4 nitrogen and oxygen atoms in total. The molecular weight excluding hydrogens is 379 g/mol. The van der Waals surface area contributed by atoms with Crippen LogP contribution in [0.3, 0.4) is 0 Å². The van der Waals surface area contributed by atoms with E-state index in [4.69, 9.17) is 0 Å². The molecule has 0 aliphatic carbocycles. The summed E-state index contributed by atoms with van der Waals surface area (Å²) in [4.78, 5) is 20.8. The first-order valence-corrected chi connectivity index (χ1v) is 10.0. The highest BCUT2D eigenvalue weighted by molar-refractivity contribution is 5.77. The molecule has 2 aliphatic rings. The largest absolute Gasteiger partial charge is 0.416 e. The highest BCUT2D eigenvalue weighted by atomic mass is 19.4. The second kappa shape index (κ2) is 8.05. The number of aryl methyl sites for hydroxylation is 1. The van der Waals surface area contributed by atoms with Crippen LogP contribution in [-0.2, 0) is 17.4 Å². The zero-order valence-electron chi connectivity index (χ0n) is 16.1. The average Bonchev–Trinajstić information content (AvgIpc) is 3.15. The van der Waals surface area contributed by atoms with Gasteiger partial charge in [-0.3, -0.25) is 4.79 Å². The topological polar surface area (TPSA) is 36.4 Å². The molecule has 2 aromatic rings. The first-order chi connectivity index (χ1) is 13.9. The van der Waals surface area contributed by atoms with Crippen molar-refractivity contribution in [2.24, 2.45) is 5.92 Å². The quantitative estimate of drug-likeness (QED) is 0.769. The van der Waals surface area contributed by atoms with Gasteiger partial charge in [0.2, 0.25) is 5.91 Å². The number of rotatable bonds is 4. The predicted octanol–water partition coefficient (Wildman–Crippen LogP) is 4.16. The number of carbonyl (C=O) groups is 1. The number of alkyl halides is 3. The van der Waals surface area contributed by atoms with E-state index < -0.39 is 11.7 Å². The zero-order chi connectivity index (χ0) is 20.4. The lowest BCUT2D eigenvalue weighted by Gasteiger charge is -2.39. The first-order valence-electron chi connectivity index (χ1n) is 10.0. The number of hydrogen-bond acceptors (Lipinski definition) is 3. The van der Waals surface area contributed by atoms with Gasteiger partial charge in [-0.15, -0.1) is 0 Å². The third-order valence-corrected chi connectivity index (χ3v) is 6.05. The number of likely N-dealkylation sites (tertiary alicyclic amines) is 1. The van der Waals surface area contributed by atoms with E-state index in [2.05, 4.69) is 4.98 Å². The molecule has 0 saturated carbocycles. The molecule has 2 atom stereocenters. The summed E-state index contributed by atoms with van der Waals surface area (Å²) in [5.41, 5.74) is 0.446. The summed E-state index contributed by atoms with van der Waals surface area (Å²) in [7, 11) is 0. The minimum Gasteiger partial charge on any atom is -0.355 e. The molecule has 1 amide bonds. The van der Waals surface area contributed by atoms with Crippen molar-refractivity contribution < 1.29 is 18.0 Å². The van der Waals surface area contributed by atoms with Crippen molar-refractivity contribution in [3.8, 4) is 0 Å². The van der Waals surface area contributed by atoms with Crippen molar-refractivity contribution in [3.05, 3.63) is 59.8 Å². The Kier molecular flexibility index (Phi) is 5.48. The number of amides is 1. The van der Waals surface area contributed by atoms with Crippen LogP contribution in [0, 0.1) is 5.92 Å². The number of anilines is 1. The van der Waals surface area contributed by atoms with Gasteiger partial charge in [-0.25, -0.2) is 4.98 Å². The van der Waals surface area contributed by atoms with Crippen LogP contribution in [0.2, 0.25) is 0 Å². The van der Waals surface area contributed by atoms with Gasteiger partial charge in [-0.05, 0) is 42.9 Å². The van der Waals surface area contributed by atoms with Crippen LogP contribution in [0.5, 0.6) is 0 Å².